The second kappa shape index (κ2) is 7.82. The Morgan fingerprint density at radius 3 is 2.40 bits per heavy atom. The number of benzene rings is 3. The molecule has 1 amide bonds. The molecule has 1 aromatic heterocycles. The van der Waals surface area contributed by atoms with E-state index in [2.05, 4.69) is 10.5 Å². The Balaban J connectivity index is 1.66. The minimum absolute atomic E-state index is 0.0642. The van der Waals surface area contributed by atoms with Crippen molar-refractivity contribution < 1.29 is 14.3 Å². The van der Waals surface area contributed by atoms with Gasteiger partial charge in [-0.15, -0.1) is 0 Å². The van der Waals surface area contributed by atoms with Crippen LogP contribution in [0.25, 0.3) is 21.7 Å². The van der Waals surface area contributed by atoms with Gasteiger partial charge in [0.25, 0.3) is 5.91 Å². The lowest BCUT2D eigenvalue weighted by molar-refractivity contribution is 0.0952. The van der Waals surface area contributed by atoms with Crippen LogP contribution in [0.5, 0.6) is 5.75 Å². The third-order valence-electron chi connectivity index (χ3n) is 4.58. The van der Waals surface area contributed by atoms with E-state index < -0.39 is 11.5 Å². The largest absolute Gasteiger partial charge is 0.507 e. The summed E-state index contributed by atoms with van der Waals surface area (Å²) in [5, 5.41) is 16.9. The van der Waals surface area contributed by atoms with Gasteiger partial charge in [0.05, 0.1) is 21.9 Å². The minimum Gasteiger partial charge on any atom is -0.507 e. The zero-order valence-electron chi connectivity index (χ0n) is 15.6. The Labute approximate surface area is 180 Å². The molecule has 4 aromatic rings. The zero-order chi connectivity index (χ0) is 21.4. The molecule has 30 heavy (non-hydrogen) atoms. The molecule has 4 rings (SSSR count). The van der Waals surface area contributed by atoms with Gasteiger partial charge in [0.15, 0.2) is 5.58 Å². The number of nitrogens with zero attached hydrogens (tertiary/aromatic N) is 1. The van der Waals surface area contributed by atoms with Crippen LogP contribution >= 0.6 is 23.2 Å². The van der Waals surface area contributed by atoms with Gasteiger partial charge in [-0.25, -0.2) is 10.2 Å². The van der Waals surface area contributed by atoms with E-state index in [1.165, 1.54) is 18.2 Å². The van der Waals surface area contributed by atoms with Crippen LogP contribution in [0.1, 0.15) is 22.8 Å². The third kappa shape index (κ3) is 3.75. The van der Waals surface area contributed by atoms with Crippen molar-refractivity contribution in [2.45, 2.75) is 6.92 Å². The van der Waals surface area contributed by atoms with Crippen molar-refractivity contribution in [3.05, 3.63) is 86.2 Å². The standard InChI is InChI=1S/C22H14Cl2N2O4/c1-11(16-8-14-6-15(23)10-18(24)20(14)30-22(16)29)25-26-21(28)17-7-12-4-2-3-5-13(12)9-19(17)27/h2-10,27H,1H3,(H,26,28)/b25-11+. The number of phenols is 1. The predicted molar refractivity (Wildman–Crippen MR) is 118 cm³/mol. The average molecular weight is 441 g/mol. The molecule has 0 aliphatic heterocycles. The molecule has 0 radical (unpaired) electrons. The molecule has 0 aliphatic rings. The molecule has 0 aliphatic carbocycles. The Hall–Kier alpha value is -3.35. The number of nitrogens with one attached hydrogen (secondary N) is 1. The van der Waals surface area contributed by atoms with E-state index in [-0.39, 0.29) is 33.2 Å². The van der Waals surface area contributed by atoms with Crippen LogP contribution in [0.15, 0.2) is 68.9 Å². The maximum Gasteiger partial charge on any atom is 0.345 e. The molecule has 8 heteroatoms. The summed E-state index contributed by atoms with van der Waals surface area (Å²) in [6, 6.07) is 15.0. The van der Waals surface area contributed by atoms with Crippen LogP contribution in [0, 0.1) is 0 Å². The summed E-state index contributed by atoms with van der Waals surface area (Å²) < 4.78 is 5.28. The van der Waals surface area contributed by atoms with Crippen LogP contribution in [0.2, 0.25) is 10.0 Å². The first kappa shape index (κ1) is 19.9. The topological polar surface area (TPSA) is 91.9 Å². The van der Waals surface area contributed by atoms with E-state index in [1.807, 2.05) is 24.3 Å². The van der Waals surface area contributed by atoms with Gasteiger partial charge in [-0.3, -0.25) is 4.79 Å². The first-order valence-corrected chi connectivity index (χ1v) is 9.59. The quantitative estimate of drug-likeness (QED) is 0.263. The summed E-state index contributed by atoms with van der Waals surface area (Å²) in [4.78, 5) is 24.9. The number of amides is 1. The molecule has 0 saturated carbocycles. The molecule has 0 bridgehead atoms. The molecule has 0 fully saturated rings. The lowest BCUT2D eigenvalue weighted by atomic mass is 10.1. The van der Waals surface area contributed by atoms with E-state index in [1.54, 1.807) is 19.1 Å². The van der Waals surface area contributed by atoms with Crippen LogP contribution in [0.4, 0.5) is 0 Å². The Bertz CT molecular complexity index is 1410. The monoisotopic (exact) mass is 440 g/mol. The third-order valence-corrected chi connectivity index (χ3v) is 5.07. The molecule has 6 nitrogen and oxygen atoms in total. The van der Waals surface area contributed by atoms with Gasteiger partial charge in [-0.05, 0) is 48.0 Å². The summed E-state index contributed by atoms with van der Waals surface area (Å²) in [5.41, 5.74) is 2.34. The van der Waals surface area contributed by atoms with Crippen molar-refractivity contribution >= 4 is 56.6 Å². The van der Waals surface area contributed by atoms with E-state index in [0.29, 0.717) is 10.4 Å². The molecule has 0 saturated heterocycles. The van der Waals surface area contributed by atoms with Crippen molar-refractivity contribution in [1.82, 2.24) is 5.43 Å². The van der Waals surface area contributed by atoms with E-state index >= 15 is 0 Å². The molecular formula is C22H14Cl2N2O4. The molecule has 0 spiro atoms. The second-order valence-corrected chi connectivity index (χ2v) is 7.45. The number of rotatable bonds is 3. The zero-order valence-corrected chi connectivity index (χ0v) is 17.1. The van der Waals surface area contributed by atoms with Crippen molar-refractivity contribution in [2.75, 3.05) is 0 Å². The highest BCUT2D eigenvalue weighted by Gasteiger charge is 2.14. The lowest BCUT2D eigenvalue weighted by Gasteiger charge is -2.07. The van der Waals surface area contributed by atoms with Gasteiger partial charge < -0.3 is 9.52 Å². The number of fused-ring (bicyclic) bond motifs is 2. The number of carbonyl (C=O) groups is 1. The summed E-state index contributed by atoms with van der Waals surface area (Å²) in [5.74, 6) is -0.789. The van der Waals surface area contributed by atoms with E-state index in [9.17, 15) is 14.7 Å². The molecule has 0 unspecified atom stereocenters. The smallest absolute Gasteiger partial charge is 0.345 e. The number of halogens is 2. The Morgan fingerprint density at radius 2 is 1.67 bits per heavy atom. The average Bonchev–Trinajstić information content (AvgIpc) is 2.71. The minimum atomic E-state index is -0.657. The van der Waals surface area contributed by atoms with Crippen LogP contribution < -0.4 is 11.1 Å². The van der Waals surface area contributed by atoms with Crippen LogP contribution in [-0.2, 0) is 0 Å². The fourth-order valence-corrected chi connectivity index (χ4v) is 3.62. The van der Waals surface area contributed by atoms with Crippen LogP contribution in [-0.4, -0.2) is 16.7 Å². The summed E-state index contributed by atoms with van der Waals surface area (Å²) in [6.45, 7) is 1.55. The van der Waals surface area contributed by atoms with Crippen molar-refractivity contribution in [3.8, 4) is 5.75 Å². The number of hydrazone groups is 1. The Morgan fingerprint density at radius 1 is 1.00 bits per heavy atom. The van der Waals surface area contributed by atoms with Gasteiger partial charge in [0.2, 0.25) is 0 Å². The van der Waals surface area contributed by atoms with Gasteiger partial charge in [-0.2, -0.15) is 5.10 Å². The number of carbonyl (C=O) groups excluding carboxylic acids is 1. The number of hydrogen-bond donors (Lipinski definition) is 2. The van der Waals surface area contributed by atoms with Gasteiger partial charge >= 0.3 is 5.63 Å². The van der Waals surface area contributed by atoms with E-state index in [4.69, 9.17) is 27.6 Å². The van der Waals surface area contributed by atoms with Crippen LogP contribution in [0.3, 0.4) is 0 Å². The summed E-state index contributed by atoms with van der Waals surface area (Å²) in [7, 11) is 0. The maximum absolute atomic E-state index is 12.5. The van der Waals surface area contributed by atoms with E-state index in [0.717, 1.165) is 10.8 Å². The predicted octanol–water partition coefficient (Wildman–Crippen LogP) is 5.11. The first-order valence-electron chi connectivity index (χ1n) is 8.83. The molecular weight excluding hydrogens is 427 g/mol. The van der Waals surface area contributed by atoms with Crippen molar-refractivity contribution in [3.63, 3.8) is 0 Å². The second-order valence-electron chi connectivity index (χ2n) is 6.61. The lowest BCUT2D eigenvalue weighted by Crippen LogP contribution is -2.21. The summed E-state index contributed by atoms with van der Waals surface area (Å²) in [6.07, 6.45) is 0. The summed E-state index contributed by atoms with van der Waals surface area (Å²) >= 11 is 12.1. The first-order chi connectivity index (χ1) is 14.3. The fraction of sp³-hybridized carbons (Fsp3) is 0.0455. The van der Waals surface area contributed by atoms with Crippen molar-refractivity contribution in [2.24, 2.45) is 5.10 Å². The molecule has 0 atom stereocenters. The SMILES string of the molecule is C/C(=N\NC(=O)c1cc2ccccc2cc1O)c1cc2cc(Cl)cc(Cl)c2oc1=O. The molecule has 150 valence electrons. The van der Waals surface area contributed by atoms with Gasteiger partial charge in [0.1, 0.15) is 5.75 Å². The maximum atomic E-state index is 12.5. The van der Waals surface area contributed by atoms with Gasteiger partial charge in [-0.1, -0.05) is 47.5 Å². The normalized spacial score (nSPS) is 11.8. The molecule has 1 heterocycles. The molecule has 3 aromatic carbocycles. The number of hydrogen-bond acceptors (Lipinski definition) is 5. The highest BCUT2D eigenvalue weighted by molar-refractivity contribution is 6.38. The van der Waals surface area contributed by atoms with Gasteiger partial charge in [0, 0.05) is 10.4 Å². The highest BCUT2D eigenvalue weighted by Crippen LogP contribution is 2.28. The number of phenolic OH excluding ortho intramolecular Hbond substituents is 1. The molecule has 2 N–H and O–H groups in total. The highest BCUT2D eigenvalue weighted by atomic mass is 35.5. The fourth-order valence-electron chi connectivity index (χ4n) is 3.07. The Kier molecular flexibility index (Phi) is 5.20. The number of aromatic hydroxyl groups is 1. The van der Waals surface area contributed by atoms with Crippen molar-refractivity contribution in [1.29, 1.82) is 0 Å².